The average Bonchev–Trinajstić information content (AvgIpc) is 3.10. The van der Waals surface area contributed by atoms with Crippen molar-refractivity contribution in [2.45, 2.75) is 32.2 Å². The molecule has 4 rings (SSSR count). The second-order valence-electron chi connectivity index (χ2n) is 9.48. The maximum absolute atomic E-state index is 14.1. The molecule has 1 aliphatic heterocycles. The Morgan fingerprint density at radius 3 is 2.25 bits per heavy atom. The summed E-state index contributed by atoms with van der Waals surface area (Å²) < 4.78 is 33.2. The molecule has 3 aromatic rings. The van der Waals surface area contributed by atoms with Gasteiger partial charge in [-0.1, -0.05) is 56.6 Å². The van der Waals surface area contributed by atoms with Crippen LogP contribution in [-0.4, -0.2) is 23.9 Å². The predicted molar refractivity (Wildman–Crippen MR) is 134 cm³/mol. The number of ketones is 1. The number of benzene rings is 3. The highest BCUT2D eigenvalue weighted by atomic mass is 35.5. The molecule has 1 aliphatic rings. The van der Waals surface area contributed by atoms with Gasteiger partial charge in [0.15, 0.2) is 0 Å². The van der Waals surface area contributed by atoms with E-state index in [0.29, 0.717) is 5.56 Å². The maximum Gasteiger partial charge on any atom is 0.300 e. The number of aliphatic hydroxyl groups is 1. The largest absolute Gasteiger partial charge is 0.507 e. The molecule has 0 aliphatic carbocycles. The van der Waals surface area contributed by atoms with Crippen LogP contribution >= 0.6 is 11.6 Å². The minimum Gasteiger partial charge on any atom is -0.507 e. The van der Waals surface area contributed by atoms with Gasteiger partial charge in [0, 0.05) is 5.69 Å². The number of hydrogen-bond donors (Lipinski definition) is 1. The highest BCUT2D eigenvalue weighted by molar-refractivity contribution is 6.51. The van der Waals surface area contributed by atoms with Gasteiger partial charge >= 0.3 is 0 Å². The normalized spacial score (nSPS) is 17.5. The lowest BCUT2D eigenvalue weighted by molar-refractivity contribution is -0.132. The average molecular weight is 512 g/mol. The zero-order chi connectivity index (χ0) is 26.4. The van der Waals surface area contributed by atoms with E-state index in [-0.39, 0.29) is 33.0 Å². The fraction of sp³-hybridized carbons (Fsp3) is 0.214. The van der Waals surface area contributed by atoms with Gasteiger partial charge in [-0.25, -0.2) is 8.78 Å². The maximum atomic E-state index is 14.1. The molecule has 1 amide bonds. The zero-order valence-corrected chi connectivity index (χ0v) is 20.9. The van der Waals surface area contributed by atoms with Gasteiger partial charge in [0.05, 0.1) is 29.3 Å². The van der Waals surface area contributed by atoms with Crippen molar-refractivity contribution in [2.24, 2.45) is 0 Å². The van der Waals surface area contributed by atoms with Crippen molar-refractivity contribution in [3.8, 4) is 5.75 Å². The van der Waals surface area contributed by atoms with E-state index in [1.165, 1.54) is 25.3 Å². The van der Waals surface area contributed by atoms with Crippen molar-refractivity contribution < 1.29 is 28.2 Å². The van der Waals surface area contributed by atoms with Crippen LogP contribution in [0.3, 0.4) is 0 Å². The molecular formula is C28H24ClF2NO4. The molecule has 8 heteroatoms. The van der Waals surface area contributed by atoms with E-state index >= 15 is 0 Å². The first-order valence-electron chi connectivity index (χ1n) is 11.1. The number of hydrogen-bond acceptors (Lipinski definition) is 4. The van der Waals surface area contributed by atoms with Crippen LogP contribution in [0, 0.1) is 11.6 Å². The van der Waals surface area contributed by atoms with Crippen LogP contribution in [0.5, 0.6) is 5.75 Å². The second-order valence-corrected chi connectivity index (χ2v) is 9.89. The molecule has 1 N–H and O–H groups in total. The smallest absolute Gasteiger partial charge is 0.300 e. The standard InChI is InChI=1S/C28H24ClF2NO4/c1-28(2,3)16-7-5-15(6-8-16)24-23(25(33)19-13-17(30)9-12-22(19)36-4)26(34)27(35)32(24)18-10-11-21(31)20(29)14-18/h5-14,24,33H,1-4H3/b25-23+. The molecule has 3 aromatic carbocycles. The number of rotatable bonds is 4. The van der Waals surface area contributed by atoms with Crippen molar-refractivity contribution in [1.82, 2.24) is 0 Å². The van der Waals surface area contributed by atoms with Crippen LogP contribution in [0.2, 0.25) is 5.02 Å². The molecule has 1 unspecified atom stereocenters. The van der Waals surface area contributed by atoms with Crippen molar-refractivity contribution in [1.29, 1.82) is 0 Å². The fourth-order valence-electron chi connectivity index (χ4n) is 4.22. The summed E-state index contributed by atoms with van der Waals surface area (Å²) in [6, 6.07) is 13.3. The van der Waals surface area contributed by atoms with Crippen molar-refractivity contribution in [3.63, 3.8) is 0 Å². The summed E-state index contributed by atoms with van der Waals surface area (Å²) in [4.78, 5) is 27.7. The zero-order valence-electron chi connectivity index (χ0n) is 20.1. The van der Waals surface area contributed by atoms with E-state index in [9.17, 15) is 23.5 Å². The van der Waals surface area contributed by atoms with E-state index in [2.05, 4.69) is 0 Å². The molecule has 0 saturated carbocycles. The first-order valence-corrected chi connectivity index (χ1v) is 11.5. The minimum absolute atomic E-state index is 0.0797. The predicted octanol–water partition coefficient (Wildman–Crippen LogP) is 6.55. The van der Waals surface area contributed by atoms with Crippen LogP contribution < -0.4 is 9.64 Å². The van der Waals surface area contributed by atoms with Crippen molar-refractivity contribution in [3.05, 3.63) is 99.6 Å². The Bertz CT molecular complexity index is 1390. The van der Waals surface area contributed by atoms with Gasteiger partial charge in [0.25, 0.3) is 11.7 Å². The molecule has 1 fully saturated rings. The quantitative estimate of drug-likeness (QED) is 0.245. The van der Waals surface area contributed by atoms with Crippen LogP contribution in [0.25, 0.3) is 5.76 Å². The lowest BCUT2D eigenvalue weighted by Gasteiger charge is -2.27. The first kappa shape index (κ1) is 25.4. The van der Waals surface area contributed by atoms with Gasteiger partial charge in [0.1, 0.15) is 23.1 Å². The summed E-state index contributed by atoms with van der Waals surface area (Å²) in [5.41, 5.74) is 1.20. The van der Waals surface area contributed by atoms with Gasteiger partial charge in [-0.15, -0.1) is 0 Å². The summed E-state index contributed by atoms with van der Waals surface area (Å²) in [6.45, 7) is 6.14. The van der Waals surface area contributed by atoms with E-state index < -0.39 is 35.1 Å². The van der Waals surface area contributed by atoms with Gasteiger partial charge in [-0.2, -0.15) is 0 Å². The molecule has 36 heavy (non-hydrogen) atoms. The molecule has 186 valence electrons. The van der Waals surface area contributed by atoms with Gasteiger partial charge < -0.3 is 9.84 Å². The van der Waals surface area contributed by atoms with Crippen molar-refractivity contribution >= 4 is 34.7 Å². The Hall–Kier alpha value is -3.71. The minimum atomic E-state index is -1.09. The third-order valence-electron chi connectivity index (χ3n) is 6.13. The summed E-state index contributed by atoms with van der Waals surface area (Å²) in [7, 11) is 1.34. The monoisotopic (exact) mass is 511 g/mol. The SMILES string of the molecule is COc1ccc(F)cc1/C(O)=C1\C(=O)C(=O)N(c2ccc(F)c(Cl)c2)C1c1ccc(C(C)(C)C)cc1. The fourth-order valence-corrected chi connectivity index (χ4v) is 4.40. The molecule has 0 radical (unpaired) electrons. The number of Topliss-reactive ketones (excluding diaryl/α,β-unsaturated/α-hetero) is 1. The third-order valence-corrected chi connectivity index (χ3v) is 6.42. The molecule has 1 heterocycles. The second kappa shape index (κ2) is 9.39. The number of carbonyl (C=O) groups excluding carboxylic acids is 2. The Kier molecular flexibility index (Phi) is 6.62. The number of carbonyl (C=O) groups is 2. The molecule has 0 bridgehead atoms. The van der Waals surface area contributed by atoms with Gasteiger partial charge in [-0.3, -0.25) is 14.5 Å². The number of aliphatic hydroxyl groups excluding tert-OH is 1. The van der Waals surface area contributed by atoms with Crippen molar-refractivity contribution in [2.75, 3.05) is 12.0 Å². The Morgan fingerprint density at radius 2 is 1.67 bits per heavy atom. The number of halogens is 3. The van der Waals surface area contributed by atoms with E-state index in [4.69, 9.17) is 16.3 Å². The molecule has 0 spiro atoms. The molecular weight excluding hydrogens is 488 g/mol. The summed E-state index contributed by atoms with van der Waals surface area (Å²) in [5.74, 6) is -3.75. The third kappa shape index (κ3) is 4.46. The van der Waals surface area contributed by atoms with Crippen LogP contribution in [-0.2, 0) is 15.0 Å². The number of nitrogens with zero attached hydrogens (tertiary/aromatic N) is 1. The van der Waals surface area contributed by atoms with Crippen LogP contribution in [0.1, 0.15) is 43.5 Å². The van der Waals surface area contributed by atoms with Gasteiger partial charge in [0.2, 0.25) is 0 Å². The van der Waals surface area contributed by atoms with Crippen LogP contribution in [0.4, 0.5) is 14.5 Å². The summed E-state index contributed by atoms with van der Waals surface area (Å²) in [5, 5.41) is 11.0. The summed E-state index contributed by atoms with van der Waals surface area (Å²) in [6.07, 6.45) is 0. The Morgan fingerprint density at radius 1 is 1.00 bits per heavy atom. The highest BCUT2D eigenvalue weighted by Gasteiger charge is 2.47. The van der Waals surface area contributed by atoms with E-state index in [1.54, 1.807) is 12.1 Å². The topological polar surface area (TPSA) is 66.8 Å². The lowest BCUT2D eigenvalue weighted by atomic mass is 9.85. The first-order chi connectivity index (χ1) is 16.9. The van der Waals surface area contributed by atoms with Gasteiger partial charge in [-0.05, 0) is 52.9 Å². The number of methoxy groups -OCH3 is 1. The highest BCUT2D eigenvalue weighted by Crippen LogP contribution is 2.44. The van der Waals surface area contributed by atoms with E-state index in [1.807, 2.05) is 32.9 Å². The van der Waals surface area contributed by atoms with E-state index in [0.717, 1.165) is 28.7 Å². The Balaban J connectivity index is 1.98. The molecule has 0 aromatic heterocycles. The number of ether oxygens (including phenoxy) is 1. The molecule has 5 nitrogen and oxygen atoms in total. The Labute approximate surface area is 212 Å². The summed E-state index contributed by atoms with van der Waals surface area (Å²) >= 11 is 5.98. The number of amides is 1. The molecule has 1 atom stereocenters. The molecule has 1 saturated heterocycles. The van der Waals surface area contributed by atoms with Crippen LogP contribution in [0.15, 0.2) is 66.2 Å². The lowest BCUT2D eigenvalue weighted by Crippen LogP contribution is -2.29. The number of anilines is 1.